The van der Waals surface area contributed by atoms with Crippen molar-refractivity contribution in [1.82, 2.24) is 15.4 Å². The first-order valence-electron chi connectivity index (χ1n) is 6.36. The van der Waals surface area contributed by atoms with Crippen LogP contribution in [0.5, 0.6) is 0 Å². The maximum atomic E-state index is 5.33. The van der Waals surface area contributed by atoms with E-state index in [4.69, 9.17) is 4.52 Å². The first-order chi connectivity index (χ1) is 7.94. The minimum absolute atomic E-state index is 0.109. The zero-order valence-corrected chi connectivity index (χ0v) is 11.7. The van der Waals surface area contributed by atoms with Crippen LogP contribution in [0.1, 0.15) is 46.1 Å². The second-order valence-corrected chi connectivity index (χ2v) is 5.35. The Bertz CT molecular complexity index is 324. The molecule has 98 valence electrons. The van der Waals surface area contributed by atoms with Gasteiger partial charge in [-0.25, -0.2) is 0 Å². The molecule has 0 radical (unpaired) electrons. The summed E-state index contributed by atoms with van der Waals surface area (Å²) in [4.78, 5) is 2.31. The minimum atomic E-state index is 0.109. The average molecular weight is 239 g/mol. The summed E-state index contributed by atoms with van der Waals surface area (Å²) in [6, 6.07) is 2.04. The molecule has 0 aromatic carbocycles. The molecule has 0 saturated heterocycles. The summed E-state index contributed by atoms with van der Waals surface area (Å²) in [5, 5.41) is 7.47. The van der Waals surface area contributed by atoms with Crippen molar-refractivity contribution >= 4 is 0 Å². The Hall–Kier alpha value is -0.870. The Morgan fingerprint density at radius 3 is 2.47 bits per heavy atom. The van der Waals surface area contributed by atoms with E-state index >= 15 is 0 Å². The summed E-state index contributed by atoms with van der Waals surface area (Å²) in [5.74, 6) is 0.944. The van der Waals surface area contributed by atoms with Crippen molar-refractivity contribution in [2.75, 3.05) is 13.1 Å². The molecule has 0 fully saturated rings. The molecule has 0 spiro atoms. The smallest absolute Gasteiger partial charge is 0.151 e. The molecule has 0 amide bonds. The zero-order chi connectivity index (χ0) is 12.9. The fourth-order valence-electron chi connectivity index (χ4n) is 1.54. The summed E-state index contributed by atoms with van der Waals surface area (Å²) < 4.78 is 5.33. The Labute approximate surface area is 104 Å². The van der Waals surface area contributed by atoms with Gasteiger partial charge in [0.25, 0.3) is 0 Å². The third-order valence-corrected chi connectivity index (χ3v) is 2.68. The highest BCUT2D eigenvalue weighted by Gasteiger charge is 2.11. The van der Waals surface area contributed by atoms with E-state index in [2.05, 4.69) is 50.0 Å². The van der Waals surface area contributed by atoms with E-state index in [1.165, 1.54) is 0 Å². The van der Waals surface area contributed by atoms with Crippen LogP contribution in [0.25, 0.3) is 0 Å². The van der Waals surface area contributed by atoms with Crippen LogP contribution >= 0.6 is 0 Å². The van der Waals surface area contributed by atoms with Crippen molar-refractivity contribution in [3.05, 3.63) is 17.5 Å². The first kappa shape index (κ1) is 14.2. The number of rotatable bonds is 6. The lowest BCUT2D eigenvalue weighted by molar-refractivity contribution is 0.250. The number of nitrogens with zero attached hydrogens (tertiary/aromatic N) is 2. The van der Waals surface area contributed by atoms with Gasteiger partial charge >= 0.3 is 0 Å². The van der Waals surface area contributed by atoms with Crippen LogP contribution in [0.15, 0.2) is 10.6 Å². The first-order valence-corrected chi connectivity index (χ1v) is 6.36. The zero-order valence-electron chi connectivity index (χ0n) is 11.7. The molecule has 1 heterocycles. The molecule has 0 unspecified atom stereocenters. The molecule has 4 nitrogen and oxygen atoms in total. The third kappa shape index (κ3) is 5.33. The largest absolute Gasteiger partial charge is 0.360 e. The van der Waals surface area contributed by atoms with Crippen molar-refractivity contribution in [2.45, 2.75) is 53.2 Å². The monoisotopic (exact) mass is 239 g/mol. The van der Waals surface area contributed by atoms with Crippen molar-refractivity contribution < 1.29 is 4.52 Å². The predicted molar refractivity (Wildman–Crippen MR) is 69.7 cm³/mol. The number of aromatic nitrogens is 1. The van der Waals surface area contributed by atoms with E-state index < -0.39 is 0 Å². The van der Waals surface area contributed by atoms with Crippen LogP contribution in [0.4, 0.5) is 0 Å². The Morgan fingerprint density at radius 1 is 1.29 bits per heavy atom. The molecule has 0 bridgehead atoms. The molecular weight excluding hydrogens is 214 g/mol. The molecule has 17 heavy (non-hydrogen) atoms. The standard InChI is InChI=1S/C13H25N3O/c1-6-16(7-2)10-12-8-11(15-17-12)9-14-13(3,4)5/h8,14H,6-7,9-10H2,1-5H3. The number of hydrogen-bond acceptors (Lipinski definition) is 4. The molecule has 0 saturated carbocycles. The van der Waals surface area contributed by atoms with Gasteiger partial charge in [0.05, 0.1) is 12.2 Å². The molecule has 4 heteroatoms. The van der Waals surface area contributed by atoms with Gasteiger partial charge in [-0.2, -0.15) is 0 Å². The van der Waals surface area contributed by atoms with Gasteiger partial charge < -0.3 is 9.84 Å². The predicted octanol–water partition coefficient (Wildman–Crippen LogP) is 2.40. The normalized spacial score (nSPS) is 12.4. The molecule has 0 aliphatic carbocycles. The Balaban J connectivity index is 2.48. The second-order valence-electron chi connectivity index (χ2n) is 5.35. The highest BCUT2D eigenvalue weighted by molar-refractivity contribution is 5.05. The highest BCUT2D eigenvalue weighted by Crippen LogP contribution is 2.08. The second kappa shape index (κ2) is 6.17. The summed E-state index contributed by atoms with van der Waals surface area (Å²) in [5.41, 5.74) is 1.08. The lowest BCUT2D eigenvalue weighted by atomic mass is 10.1. The van der Waals surface area contributed by atoms with E-state index in [1.54, 1.807) is 0 Å². The van der Waals surface area contributed by atoms with Gasteiger partial charge in [0, 0.05) is 18.2 Å². The maximum absolute atomic E-state index is 5.33. The van der Waals surface area contributed by atoms with Gasteiger partial charge in [-0.1, -0.05) is 19.0 Å². The summed E-state index contributed by atoms with van der Waals surface area (Å²) in [6.45, 7) is 14.4. The Kier molecular flexibility index (Phi) is 5.15. The van der Waals surface area contributed by atoms with Crippen LogP contribution in [0, 0.1) is 0 Å². The quantitative estimate of drug-likeness (QED) is 0.827. The van der Waals surface area contributed by atoms with Crippen LogP contribution < -0.4 is 5.32 Å². The summed E-state index contributed by atoms with van der Waals surface area (Å²) in [6.07, 6.45) is 0. The van der Waals surface area contributed by atoms with E-state index in [1.807, 2.05) is 6.07 Å². The SMILES string of the molecule is CCN(CC)Cc1cc(CNC(C)(C)C)no1. The van der Waals surface area contributed by atoms with Gasteiger partial charge in [-0.3, -0.25) is 4.90 Å². The maximum Gasteiger partial charge on any atom is 0.151 e. The molecule has 1 N–H and O–H groups in total. The van der Waals surface area contributed by atoms with Crippen LogP contribution in [0.2, 0.25) is 0 Å². The lowest BCUT2D eigenvalue weighted by Crippen LogP contribution is -2.35. The van der Waals surface area contributed by atoms with Gasteiger partial charge in [-0.15, -0.1) is 0 Å². The van der Waals surface area contributed by atoms with Gasteiger partial charge in [0.1, 0.15) is 0 Å². The molecule has 0 aliphatic heterocycles. The third-order valence-electron chi connectivity index (χ3n) is 2.68. The minimum Gasteiger partial charge on any atom is -0.360 e. The van der Waals surface area contributed by atoms with Crippen molar-refractivity contribution in [2.24, 2.45) is 0 Å². The molecule has 0 atom stereocenters. The van der Waals surface area contributed by atoms with Crippen molar-refractivity contribution in [1.29, 1.82) is 0 Å². The number of hydrogen-bond donors (Lipinski definition) is 1. The van der Waals surface area contributed by atoms with Crippen LogP contribution in [0.3, 0.4) is 0 Å². The topological polar surface area (TPSA) is 41.3 Å². The van der Waals surface area contributed by atoms with Crippen LogP contribution in [-0.4, -0.2) is 28.7 Å². The van der Waals surface area contributed by atoms with Gasteiger partial charge in [0.2, 0.25) is 0 Å². The molecule has 1 aromatic heterocycles. The molecule has 1 aromatic rings. The van der Waals surface area contributed by atoms with Crippen molar-refractivity contribution in [3.8, 4) is 0 Å². The molecule has 0 aliphatic rings. The highest BCUT2D eigenvalue weighted by atomic mass is 16.5. The Morgan fingerprint density at radius 2 is 1.94 bits per heavy atom. The summed E-state index contributed by atoms with van der Waals surface area (Å²) in [7, 11) is 0. The van der Waals surface area contributed by atoms with E-state index in [0.717, 1.165) is 37.6 Å². The number of nitrogens with one attached hydrogen (secondary N) is 1. The van der Waals surface area contributed by atoms with E-state index in [9.17, 15) is 0 Å². The lowest BCUT2D eigenvalue weighted by Gasteiger charge is -2.19. The van der Waals surface area contributed by atoms with Gasteiger partial charge in [0.15, 0.2) is 5.76 Å². The van der Waals surface area contributed by atoms with Crippen molar-refractivity contribution in [3.63, 3.8) is 0 Å². The van der Waals surface area contributed by atoms with Crippen LogP contribution in [-0.2, 0) is 13.1 Å². The fraction of sp³-hybridized carbons (Fsp3) is 0.769. The van der Waals surface area contributed by atoms with E-state index in [-0.39, 0.29) is 5.54 Å². The van der Waals surface area contributed by atoms with Gasteiger partial charge in [-0.05, 0) is 33.9 Å². The average Bonchev–Trinajstić information content (AvgIpc) is 2.70. The molecule has 1 rings (SSSR count). The van der Waals surface area contributed by atoms with E-state index in [0.29, 0.717) is 0 Å². The summed E-state index contributed by atoms with van der Waals surface area (Å²) >= 11 is 0. The fourth-order valence-corrected chi connectivity index (χ4v) is 1.54. The molecular formula is C13H25N3O.